The Labute approximate surface area is 179 Å². The molecule has 7 heteroatoms. The van der Waals surface area contributed by atoms with E-state index in [1.165, 1.54) is 0 Å². The summed E-state index contributed by atoms with van der Waals surface area (Å²) >= 11 is 0. The fourth-order valence-electron chi connectivity index (χ4n) is 3.20. The molecule has 0 saturated carbocycles. The lowest BCUT2D eigenvalue weighted by molar-refractivity contribution is -0.139. The molecule has 7 nitrogen and oxygen atoms in total. The molecule has 2 N–H and O–H groups in total. The molecule has 0 aliphatic carbocycles. The highest BCUT2D eigenvalue weighted by Crippen LogP contribution is 2.21. The van der Waals surface area contributed by atoms with E-state index in [1.54, 1.807) is 4.68 Å². The summed E-state index contributed by atoms with van der Waals surface area (Å²) in [5.41, 5.74) is 2.34. The summed E-state index contributed by atoms with van der Waals surface area (Å²) in [6, 6.07) is 26.8. The molecule has 1 aromatic heterocycles. The maximum Gasteiger partial charge on any atom is 0.326 e. The smallest absolute Gasteiger partial charge is 0.326 e. The fraction of sp³-hybridized carbons (Fsp3) is 0.0833. The molecule has 0 aliphatic rings. The second-order valence-corrected chi connectivity index (χ2v) is 6.93. The molecule has 0 spiro atoms. The van der Waals surface area contributed by atoms with Crippen LogP contribution in [0.1, 0.15) is 16.2 Å². The Hall–Kier alpha value is -4.26. The highest BCUT2D eigenvalue weighted by atomic mass is 16.4. The minimum atomic E-state index is -1.12. The predicted molar refractivity (Wildman–Crippen MR) is 116 cm³/mol. The van der Waals surface area contributed by atoms with E-state index in [4.69, 9.17) is 0 Å². The summed E-state index contributed by atoms with van der Waals surface area (Å²) < 4.78 is 1.58. The monoisotopic (exact) mass is 412 g/mol. The number of nitrogens with zero attached hydrogens (tertiary/aromatic N) is 3. The summed E-state index contributed by atoms with van der Waals surface area (Å²) in [5.74, 6) is -1.37. The maximum absolute atomic E-state index is 12.9. The molecular weight excluding hydrogens is 392 g/mol. The Morgan fingerprint density at radius 3 is 2.06 bits per heavy atom. The van der Waals surface area contributed by atoms with Gasteiger partial charge in [0.05, 0.1) is 5.69 Å². The van der Waals surface area contributed by atoms with Gasteiger partial charge in [0.2, 0.25) is 5.82 Å². The van der Waals surface area contributed by atoms with Crippen LogP contribution in [0.3, 0.4) is 0 Å². The van der Waals surface area contributed by atoms with Crippen molar-refractivity contribution in [1.29, 1.82) is 0 Å². The van der Waals surface area contributed by atoms with E-state index in [0.29, 0.717) is 5.82 Å². The van der Waals surface area contributed by atoms with Crippen LogP contribution >= 0.6 is 0 Å². The third-order valence-corrected chi connectivity index (χ3v) is 4.73. The minimum Gasteiger partial charge on any atom is -0.480 e. The van der Waals surface area contributed by atoms with Gasteiger partial charge >= 0.3 is 5.97 Å². The van der Waals surface area contributed by atoms with Crippen LogP contribution in [0.4, 0.5) is 0 Å². The summed E-state index contributed by atoms with van der Waals surface area (Å²) in [6.07, 6.45) is 0.160. The van der Waals surface area contributed by atoms with Crippen molar-refractivity contribution in [2.45, 2.75) is 12.5 Å². The maximum atomic E-state index is 12.9. The lowest BCUT2D eigenvalue weighted by Gasteiger charge is -2.13. The Bertz CT molecular complexity index is 1120. The van der Waals surface area contributed by atoms with Gasteiger partial charge in [-0.25, -0.2) is 14.5 Å². The number of carbonyl (C=O) groups is 2. The molecule has 0 unspecified atom stereocenters. The van der Waals surface area contributed by atoms with Crippen molar-refractivity contribution < 1.29 is 14.7 Å². The minimum absolute atomic E-state index is 0.0954. The van der Waals surface area contributed by atoms with Crippen LogP contribution in [-0.4, -0.2) is 37.8 Å². The lowest BCUT2D eigenvalue weighted by Crippen LogP contribution is -2.42. The van der Waals surface area contributed by atoms with Crippen molar-refractivity contribution in [1.82, 2.24) is 20.1 Å². The zero-order valence-corrected chi connectivity index (χ0v) is 16.6. The molecule has 31 heavy (non-hydrogen) atoms. The van der Waals surface area contributed by atoms with Gasteiger partial charge in [-0.2, -0.15) is 0 Å². The van der Waals surface area contributed by atoms with Crippen LogP contribution in [0.15, 0.2) is 91.0 Å². The number of para-hydroxylation sites is 1. The Balaban J connectivity index is 1.65. The van der Waals surface area contributed by atoms with Crippen molar-refractivity contribution in [3.05, 3.63) is 102 Å². The van der Waals surface area contributed by atoms with E-state index in [1.807, 2.05) is 91.0 Å². The molecule has 0 aliphatic heterocycles. The van der Waals surface area contributed by atoms with E-state index < -0.39 is 17.9 Å². The molecule has 4 rings (SSSR count). The first-order chi connectivity index (χ1) is 15.1. The van der Waals surface area contributed by atoms with Gasteiger partial charge in [-0.15, -0.1) is 5.10 Å². The molecule has 0 bridgehead atoms. The molecule has 1 amide bonds. The van der Waals surface area contributed by atoms with Crippen molar-refractivity contribution in [3.63, 3.8) is 0 Å². The molecule has 0 saturated heterocycles. The van der Waals surface area contributed by atoms with Gasteiger partial charge in [0.25, 0.3) is 5.91 Å². The second kappa shape index (κ2) is 9.04. The number of carboxylic acids is 1. The van der Waals surface area contributed by atoms with Crippen molar-refractivity contribution >= 4 is 11.9 Å². The highest BCUT2D eigenvalue weighted by molar-refractivity contribution is 5.94. The van der Waals surface area contributed by atoms with Crippen LogP contribution in [0, 0.1) is 0 Å². The first-order valence-corrected chi connectivity index (χ1v) is 9.77. The van der Waals surface area contributed by atoms with E-state index in [-0.39, 0.29) is 12.2 Å². The molecule has 154 valence electrons. The number of aliphatic carboxylic acids is 1. The van der Waals surface area contributed by atoms with Gasteiger partial charge in [0, 0.05) is 12.0 Å². The SMILES string of the molecule is O=C(N[C@@H](Cc1ccccc1)C(=O)O)c1nc(-c2ccccc2)n(-c2ccccc2)n1. The van der Waals surface area contributed by atoms with E-state index in [0.717, 1.165) is 16.8 Å². The lowest BCUT2D eigenvalue weighted by atomic mass is 10.1. The summed E-state index contributed by atoms with van der Waals surface area (Å²) in [6.45, 7) is 0. The Morgan fingerprint density at radius 1 is 0.871 bits per heavy atom. The van der Waals surface area contributed by atoms with Crippen molar-refractivity contribution in [2.75, 3.05) is 0 Å². The number of benzene rings is 3. The largest absolute Gasteiger partial charge is 0.480 e. The first-order valence-electron chi connectivity index (χ1n) is 9.77. The number of nitrogens with one attached hydrogen (secondary N) is 1. The summed E-state index contributed by atoms with van der Waals surface area (Å²) in [7, 11) is 0. The van der Waals surface area contributed by atoms with Crippen LogP contribution in [0.5, 0.6) is 0 Å². The molecule has 1 atom stereocenters. The standard InChI is InChI=1S/C24H20N4O3/c29-23(25-20(24(30)31)16-17-10-4-1-5-11-17)21-26-22(18-12-6-2-7-13-18)28(27-21)19-14-8-3-9-15-19/h1-15,20H,16H2,(H,25,29)(H,30,31)/t20-/m0/s1. The van der Waals surface area contributed by atoms with E-state index >= 15 is 0 Å². The molecule has 1 heterocycles. The van der Waals surface area contributed by atoms with Gasteiger partial charge in [0.1, 0.15) is 6.04 Å². The molecule has 4 aromatic rings. The topological polar surface area (TPSA) is 97.1 Å². The Kier molecular flexibility index (Phi) is 5.84. The highest BCUT2D eigenvalue weighted by Gasteiger charge is 2.25. The quantitative estimate of drug-likeness (QED) is 0.485. The van der Waals surface area contributed by atoms with Crippen molar-refractivity contribution in [2.24, 2.45) is 0 Å². The van der Waals surface area contributed by atoms with Gasteiger partial charge in [-0.3, -0.25) is 4.79 Å². The second-order valence-electron chi connectivity index (χ2n) is 6.93. The fourth-order valence-corrected chi connectivity index (χ4v) is 3.20. The number of rotatable bonds is 7. The zero-order valence-electron chi connectivity index (χ0n) is 16.6. The third-order valence-electron chi connectivity index (χ3n) is 4.73. The average Bonchev–Trinajstić information content (AvgIpc) is 3.26. The molecular formula is C24H20N4O3. The number of carboxylic acid groups (broad SMARTS) is 1. The number of carbonyl (C=O) groups excluding carboxylic acids is 1. The Morgan fingerprint density at radius 2 is 1.45 bits per heavy atom. The number of aromatic nitrogens is 3. The van der Waals surface area contributed by atoms with Crippen LogP contribution in [0.2, 0.25) is 0 Å². The van der Waals surface area contributed by atoms with Gasteiger partial charge < -0.3 is 10.4 Å². The van der Waals surface area contributed by atoms with Gasteiger partial charge in [-0.05, 0) is 17.7 Å². The molecule has 0 radical (unpaired) electrons. The summed E-state index contributed by atoms with van der Waals surface area (Å²) in [5, 5.41) is 16.5. The van der Waals surface area contributed by atoms with Crippen molar-refractivity contribution in [3.8, 4) is 17.1 Å². The normalized spacial score (nSPS) is 11.6. The number of amides is 1. The third kappa shape index (κ3) is 4.67. The predicted octanol–water partition coefficient (Wildman–Crippen LogP) is 3.36. The number of hydrogen-bond acceptors (Lipinski definition) is 4. The average molecular weight is 412 g/mol. The van der Waals surface area contributed by atoms with E-state index in [2.05, 4.69) is 15.4 Å². The molecule has 0 fully saturated rings. The van der Waals surface area contributed by atoms with Gasteiger partial charge in [-0.1, -0.05) is 78.9 Å². The zero-order chi connectivity index (χ0) is 21.6. The van der Waals surface area contributed by atoms with Crippen LogP contribution in [0.25, 0.3) is 17.1 Å². The summed E-state index contributed by atoms with van der Waals surface area (Å²) in [4.78, 5) is 29.0. The van der Waals surface area contributed by atoms with Crippen LogP contribution < -0.4 is 5.32 Å². The van der Waals surface area contributed by atoms with Gasteiger partial charge in [0.15, 0.2) is 5.82 Å². The molecule has 3 aromatic carbocycles. The van der Waals surface area contributed by atoms with E-state index in [9.17, 15) is 14.7 Å². The first kappa shape index (κ1) is 20.0. The van der Waals surface area contributed by atoms with Crippen LogP contribution in [-0.2, 0) is 11.2 Å². The number of hydrogen-bond donors (Lipinski definition) is 2.